The third-order valence-corrected chi connectivity index (χ3v) is 6.73. The molecule has 0 saturated carbocycles. The number of nitrogens with zero attached hydrogens (tertiary/aromatic N) is 3. The maximum atomic E-state index is 12.6. The highest BCUT2D eigenvalue weighted by atomic mass is 35.5. The van der Waals surface area contributed by atoms with Crippen LogP contribution in [0.1, 0.15) is 44.4 Å². The molecule has 0 spiro atoms. The summed E-state index contributed by atoms with van der Waals surface area (Å²) in [5, 5.41) is 13.8. The predicted octanol–water partition coefficient (Wildman–Crippen LogP) is 7.13. The second kappa shape index (κ2) is 12.9. The predicted molar refractivity (Wildman–Crippen MR) is 160 cm³/mol. The number of hydrogen-bond donors (Lipinski definition) is 1. The number of aromatic nitrogens is 1. The lowest BCUT2D eigenvalue weighted by molar-refractivity contribution is 0.0923. The first kappa shape index (κ1) is 28.3. The fourth-order valence-corrected chi connectivity index (χ4v) is 4.56. The van der Waals surface area contributed by atoms with Crippen LogP contribution in [0.25, 0.3) is 5.69 Å². The van der Waals surface area contributed by atoms with Crippen molar-refractivity contribution in [2.24, 2.45) is 5.10 Å². The summed E-state index contributed by atoms with van der Waals surface area (Å²) in [4.78, 5) is 12.6. The zero-order chi connectivity index (χ0) is 29.5. The van der Waals surface area contributed by atoms with Crippen molar-refractivity contribution in [3.63, 3.8) is 0 Å². The third-order valence-electron chi connectivity index (χ3n) is 6.50. The summed E-state index contributed by atoms with van der Waals surface area (Å²) in [6.45, 7) is 4.48. The monoisotopic (exact) mass is 578 g/mol. The molecule has 1 amide bonds. The van der Waals surface area contributed by atoms with Crippen molar-refractivity contribution in [2.45, 2.75) is 27.1 Å². The number of nitrogens with one attached hydrogen (secondary N) is 1. The molecule has 0 saturated heterocycles. The molecule has 0 aliphatic heterocycles. The van der Waals surface area contributed by atoms with Crippen molar-refractivity contribution >= 4 is 23.7 Å². The van der Waals surface area contributed by atoms with E-state index in [1.54, 1.807) is 42.5 Å². The van der Waals surface area contributed by atoms with Crippen LogP contribution in [0.2, 0.25) is 5.02 Å². The van der Waals surface area contributed by atoms with Crippen LogP contribution in [0, 0.1) is 25.2 Å². The molecule has 2 aromatic heterocycles. The molecule has 5 aromatic rings. The van der Waals surface area contributed by atoms with Gasteiger partial charge in [0.25, 0.3) is 0 Å². The van der Waals surface area contributed by atoms with Gasteiger partial charge in [0.2, 0.25) is 0 Å². The van der Waals surface area contributed by atoms with Crippen molar-refractivity contribution in [3.05, 3.63) is 136 Å². The van der Waals surface area contributed by atoms with Crippen molar-refractivity contribution in [1.29, 1.82) is 5.26 Å². The van der Waals surface area contributed by atoms with Gasteiger partial charge in [-0.1, -0.05) is 29.8 Å². The smallest absolute Gasteiger partial charge is 0.307 e. The van der Waals surface area contributed by atoms with E-state index < -0.39 is 5.91 Å². The maximum absolute atomic E-state index is 12.6. The molecule has 9 heteroatoms. The summed E-state index contributed by atoms with van der Waals surface area (Å²) in [5.41, 5.74) is 7.67. The van der Waals surface area contributed by atoms with E-state index >= 15 is 0 Å². The van der Waals surface area contributed by atoms with Crippen LogP contribution in [0.5, 0.6) is 11.5 Å². The van der Waals surface area contributed by atoms with Gasteiger partial charge in [-0.15, -0.1) is 0 Å². The van der Waals surface area contributed by atoms with E-state index in [1.165, 1.54) is 6.21 Å². The molecule has 2 heterocycles. The molecular weight excluding hydrogens is 552 g/mol. The zero-order valence-electron chi connectivity index (χ0n) is 23.0. The topological polar surface area (TPSA) is 102 Å². The minimum Gasteiger partial charge on any atom is -0.488 e. The Bertz CT molecular complexity index is 1760. The molecule has 42 heavy (non-hydrogen) atoms. The molecule has 210 valence electrons. The molecule has 0 aliphatic rings. The molecular formula is C33H27ClN4O4. The summed E-state index contributed by atoms with van der Waals surface area (Å²) >= 11 is 6.16. The number of carbonyl (C=O) groups excluding carboxylic acids is 1. The van der Waals surface area contributed by atoms with Crippen LogP contribution in [0.3, 0.4) is 0 Å². The van der Waals surface area contributed by atoms with Crippen LogP contribution >= 0.6 is 11.6 Å². The van der Waals surface area contributed by atoms with Crippen molar-refractivity contribution in [2.75, 3.05) is 0 Å². The SMILES string of the molecule is Cc1ccc(C)n1-c1ccc(OCc2ccc(C(=O)N/N=C/c3cc(Cl)ccc3OCc3ccccc3C#N)o2)cc1. The number of furan rings is 1. The summed E-state index contributed by atoms with van der Waals surface area (Å²) < 4.78 is 19.6. The Morgan fingerprint density at radius 2 is 1.74 bits per heavy atom. The average Bonchev–Trinajstić information content (AvgIpc) is 3.62. The van der Waals surface area contributed by atoms with Gasteiger partial charge in [0, 0.05) is 33.2 Å². The van der Waals surface area contributed by atoms with Gasteiger partial charge in [-0.25, -0.2) is 5.43 Å². The van der Waals surface area contributed by atoms with E-state index in [0.29, 0.717) is 33.4 Å². The summed E-state index contributed by atoms with van der Waals surface area (Å²) in [7, 11) is 0. The standard InChI is InChI=1S/C33H27ClN4O4/c1-22-7-8-23(2)38(22)28-10-12-29(13-11-28)40-21-30-14-16-32(42-30)33(39)37-36-19-26-17-27(34)9-15-31(26)41-20-25-6-4-3-5-24(25)18-35/h3-17,19H,20-21H2,1-2H3,(H,37,39)/b36-19+. The normalized spacial score (nSPS) is 10.9. The Labute approximate surface area is 248 Å². The molecule has 0 unspecified atom stereocenters. The van der Waals surface area contributed by atoms with E-state index in [1.807, 2.05) is 36.4 Å². The number of benzene rings is 3. The second-order valence-electron chi connectivity index (χ2n) is 9.44. The van der Waals surface area contributed by atoms with Crippen LogP contribution < -0.4 is 14.9 Å². The van der Waals surface area contributed by atoms with Crippen LogP contribution in [0.15, 0.2) is 101 Å². The van der Waals surface area contributed by atoms with Crippen molar-refractivity contribution in [3.8, 4) is 23.3 Å². The maximum Gasteiger partial charge on any atom is 0.307 e. The third kappa shape index (κ3) is 6.72. The lowest BCUT2D eigenvalue weighted by atomic mass is 10.1. The first-order valence-electron chi connectivity index (χ1n) is 13.1. The first-order chi connectivity index (χ1) is 20.4. The van der Waals surface area contributed by atoms with E-state index in [-0.39, 0.29) is 19.0 Å². The van der Waals surface area contributed by atoms with Gasteiger partial charge in [0.05, 0.1) is 17.8 Å². The molecule has 0 radical (unpaired) electrons. The van der Waals surface area contributed by atoms with Gasteiger partial charge in [-0.3, -0.25) is 4.79 Å². The Morgan fingerprint density at radius 1 is 0.976 bits per heavy atom. The van der Waals surface area contributed by atoms with Gasteiger partial charge < -0.3 is 18.5 Å². The van der Waals surface area contributed by atoms with E-state index in [9.17, 15) is 10.1 Å². The van der Waals surface area contributed by atoms with Gasteiger partial charge in [0.15, 0.2) is 5.76 Å². The largest absolute Gasteiger partial charge is 0.488 e. The van der Waals surface area contributed by atoms with Crippen LogP contribution in [-0.4, -0.2) is 16.7 Å². The lowest BCUT2D eigenvalue weighted by Gasteiger charge is -2.10. The Morgan fingerprint density at radius 3 is 2.50 bits per heavy atom. The minimum absolute atomic E-state index is 0.0929. The van der Waals surface area contributed by atoms with Gasteiger partial charge in [-0.2, -0.15) is 10.4 Å². The molecule has 0 atom stereocenters. The highest BCUT2D eigenvalue weighted by Crippen LogP contribution is 2.24. The van der Waals surface area contributed by atoms with Gasteiger partial charge in [0.1, 0.15) is 30.5 Å². The number of carbonyl (C=O) groups is 1. The number of halogens is 1. The van der Waals surface area contributed by atoms with E-state index in [4.69, 9.17) is 25.5 Å². The summed E-state index contributed by atoms with van der Waals surface area (Å²) in [6.07, 6.45) is 1.43. The van der Waals surface area contributed by atoms with Crippen molar-refractivity contribution < 1.29 is 18.7 Å². The molecule has 8 nitrogen and oxygen atoms in total. The number of hydrazone groups is 1. The average molecular weight is 579 g/mol. The number of nitriles is 1. The number of ether oxygens (including phenoxy) is 2. The molecule has 0 aliphatic carbocycles. The van der Waals surface area contributed by atoms with E-state index in [0.717, 1.165) is 22.6 Å². The number of amides is 1. The van der Waals surface area contributed by atoms with Crippen molar-refractivity contribution in [1.82, 2.24) is 9.99 Å². The highest BCUT2D eigenvalue weighted by Gasteiger charge is 2.12. The first-order valence-corrected chi connectivity index (χ1v) is 13.5. The molecule has 3 aromatic carbocycles. The zero-order valence-corrected chi connectivity index (χ0v) is 23.8. The summed E-state index contributed by atoms with van der Waals surface area (Å²) in [5.74, 6) is 1.24. The second-order valence-corrected chi connectivity index (χ2v) is 9.88. The molecule has 1 N–H and O–H groups in total. The van der Waals surface area contributed by atoms with Crippen LogP contribution in [0.4, 0.5) is 0 Å². The lowest BCUT2D eigenvalue weighted by Crippen LogP contribution is -2.17. The minimum atomic E-state index is -0.522. The van der Waals surface area contributed by atoms with Gasteiger partial charge in [-0.05, 0) is 86.6 Å². The van der Waals surface area contributed by atoms with Crippen LogP contribution in [-0.2, 0) is 13.2 Å². The Balaban J connectivity index is 1.16. The Kier molecular flexibility index (Phi) is 8.71. The molecule has 0 fully saturated rings. The Hall–Kier alpha value is -5.26. The molecule has 5 rings (SSSR count). The fraction of sp³-hybridized carbons (Fsp3) is 0.121. The number of hydrogen-bond acceptors (Lipinski definition) is 6. The summed E-state index contributed by atoms with van der Waals surface area (Å²) in [6, 6.07) is 29.6. The molecule has 0 bridgehead atoms. The fourth-order valence-electron chi connectivity index (χ4n) is 4.38. The van der Waals surface area contributed by atoms with E-state index in [2.05, 4.69) is 47.1 Å². The quantitative estimate of drug-likeness (QED) is 0.140. The number of aryl methyl sites for hydroxylation is 2. The number of rotatable bonds is 10. The highest BCUT2D eigenvalue weighted by molar-refractivity contribution is 6.30. The van der Waals surface area contributed by atoms with Gasteiger partial charge >= 0.3 is 5.91 Å².